The lowest BCUT2D eigenvalue weighted by Crippen LogP contribution is -2.45. The average Bonchev–Trinajstić information content (AvgIpc) is 2.91. The van der Waals surface area contributed by atoms with Crippen LogP contribution in [0, 0.1) is 6.92 Å². The van der Waals surface area contributed by atoms with Crippen LogP contribution in [-0.2, 0) is 15.5 Å². The molecule has 0 fully saturated rings. The van der Waals surface area contributed by atoms with Crippen LogP contribution in [0.3, 0.4) is 0 Å². The molecule has 27 heavy (non-hydrogen) atoms. The Bertz CT molecular complexity index is 987. The number of imidazole rings is 1. The topological polar surface area (TPSA) is 102 Å². The number of benzene rings is 1. The van der Waals surface area contributed by atoms with Gasteiger partial charge in [-0.05, 0) is 38.5 Å². The first-order valence-electron chi connectivity index (χ1n) is 8.63. The fourth-order valence-electron chi connectivity index (χ4n) is 3.08. The van der Waals surface area contributed by atoms with Crippen molar-refractivity contribution in [2.75, 3.05) is 12.0 Å². The molecule has 3 rings (SSSR count). The number of halogens is 1. The highest BCUT2D eigenvalue weighted by Gasteiger charge is 2.31. The summed E-state index contributed by atoms with van der Waals surface area (Å²) in [5.74, 6) is 0.897. The number of rotatable bonds is 6. The van der Waals surface area contributed by atoms with Gasteiger partial charge in [-0.15, -0.1) is 0 Å². The van der Waals surface area contributed by atoms with Crippen molar-refractivity contribution in [2.24, 2.45) is 0 Å². The van der Waals surface area contributed by atoms with Crippen LogP contribution in [0.25, 0.3) is 0 Å². The summed E-state index contributed by atoms with van der Waals surface area (Å²) in [4.78, 5) is 17.1. The Balaban J connectivity index is 2.08. The summed E-state index contributed by atoms with van der Waals surface area (Å²) in [7, 11) is 1.56. The van der Waals surface area contributed by atoms with E-state index in [9.17, 15) is 13.2 Å². The molecule has 1 aromatic heterocycles. The van der Waals surface area contributed by atoms with Crippen LogP contribution in [0.4, 0.5) is 0 Å². The van der Waals surface area contributed by atoms with Crippen molar-refractivity contribution < 1.29 is 17.9 Å². The third kappa shape index (κ3) is 3.74. The van der Waals surface area contributed by atoms with Crippen LogP contribution in [0.2, 0.25) is 0 Å². The summed E-state index contributed by atoms with van der Waals surface area (Å²) in [6.07, 6.45) is 0.866. The molecule has 0 aliphatic carbocycles. The van der Waals surface area contributed by atoms with Gasteiger partial charge in [0.1, 0.15) is 17.7 Å². The standard InChI is InChI=1S/C17H21ClN4O4S/c1-4-6-14-19-10(3)15-17(23)20-16(21-22(14)15)12-9-11(27(18,24)25)7-8-13(12)26-5-2/h7-9,16,21H,4-6H2,1-3H3,(H,20,23). The fraction of sp³-hybridized carbons (Fsp3) is 0.412. The number of ether oxygens (including phenoxy) is 1. The van der Waals surface area contributed by atoms with Crippen molar-refractivity contribution in [2.45, 2.75) is 44.7 Å². The Morgan fingerprint density at radius 3 is 2.70 bits per heavy atom. The first kappa shape index (κ1) is 19.5. The fourth-order valence-corrected chi connectivity index (χ4v) is 3.87. The summed E-state index contributed by atoms with van der Waals surface area (Å²) in [6.45, 7) is 6.01. The van der Waals surface area contributed by atoms with Crippen LogP contribution >= 0.6 is 10.7 Å². The van der Waals surface area contributed by atoms with Crippen molar-refractivity contribution in [1.82, 2.24) is 15.0 Å². The van der Waals surface area contributed by atoms with E-state index in [1.165, 1.54) is 18.2 Å². The van der Waals surface area contributed by atoms with Gasteiger partial charge in [-0.1, -0.05) is 6.92 Å². The van der Waals surface area contributed by atoms with Gasteiger partial charge >= 0.3 is 0 Å². The first-order valence-corrected chi connectivity index (χ1v) is 10.9. The number of carbonyl (C=O) groups excluding carboxylic acids is 1. The maximum absolute atomic E-state index is 12.7. The molecule has 0 bridgehead atoms. The number of hydrogen-bond acceptors (Lipinski definition) is 6. The van der Waals surface area contributed by atoms with Gasteiger partial charge in [0, 0.05) is 22.7 Å². The lowest BCUT2D eigenvalue weighted by atomic mass is 10.1. The number of hydrogen-bond donors (Lipinski definition) is 2. The van der Waals surface area contributed by atoms with Gasteiger partial charge in [-0.25, -0.2) is 18.1 Å². The molecule has 0 saturated carbocycles. The van der Waals surface area contributed by atoms with Crippen molar-refractivity contribution in [3.63, 3.8) is 0 Å². The second kappa shape index (κ2) is 7.40. The zero-order valence-corrected chi connectivity index (χ0v) is 16.8. The molecule has 10 heteroatoms. The Hall–Kier alpha value is -2.26. The van der Waals surface area contributed by atoms with Crippen LogP contribution in [0.15, 0.2) is 23.1 Å². The summed E-state index contributed by atoms with van der Waals surface area (Å²) < 4.78 is 30.8. The Morgan fingerprint density at radius 1 is 1.33 bits per heavy atom. The number of amides is 1. The van der Waals surface area contributed by atoms with E-state index in [0.29, 0.717) is 35.7 Å². The Kier molecular flexibility index (Phi) is 5.34. The van der Waals surface area contributed by atoms with Crippen LogP contribution in [0.5, 0.6) is 5.75 Å². The van der Waals surface area contributed by atoms with Gasteiger partial charge in [0.2, 0.25) is 0 Å². The quantitative estimate of drug-likeness (QED) is 0.706. The van der Waals surface area contributed by atoms with E-state index >= 15 is 0 Å². The Morgan fingerprint density at radius 2 is 2.07 bits per heavy atom. The molecule has 0 radical (unpaired) electrons. The highest BCUT2D eigenvalue weighted by Crippen LogP contribution is 2.31. The molecule has 1 aliphatic heterocycles. The number of carbonyl (C=O) groups is 1. The summed E-state index contributed by atoms with van der Waals surface area (Å²) in [6, 6.07) is 4.31. The third-order valence-electron chi connectivity index (χ3n) is 4.22. The predicted molar refractivity (Wildman–Crippen MR) is 101 cm³/mol. The highest BCUT2D eigenvalue weighted by atomic mass is 35.7. The molecule has 1 aromatic carbocycles. The zero-order valence-electron chi connectivity index (χ0n) is 15.2. The minimum Gasteiger partial charge on any atom is -0.493 e. The van der Waals surface area contributed by atoms with Gasteiger partial charge in [0.05, 0.1) is 17.2 Å². The maximum atomic E-state index is 12.7. The largest absolute Gasteiger partial charge is 0.493 e. The second-order valence-corrected chi connectivity index (χ2v) is 8.72. The molecule has 2 aromatic rings. The van der Waals surface area contributed by atoms with Crippen LogP contribution in [-0.4, -0.2) is 30.6 Å². The minimum absolute atomic E-state index is 0.0694. The van der Waals surface area contributed by atoms with E-state index in [1.54, 1.807) is 11.6 Å². The van der Waals surface area contributed by atoms with Gasteiger partial charge in [-0.3, -0.25) is 10.2 Å². The molecule has 2 N–H and O–H groups in total. The molecular weight excluding hydrogens is 392 g/mol. The van der Waals surface area contributed by atoms with E-state index < -0.39 is 15.2 Å². The zero-order chi connectivity index (χ0) is 19.8. The molecule has 146 valence electrons. The minimum atomic E-state index is -3.93. The normalized spacial score (nSPS) is 16.4. The highest BCUT2D eigenvalue weighted by molar-refractivity contribution is 8.13. The van der Waals surface area contributed by atoms with Gasteiger partial charge in [-0.2, -0.15) is 0 Å². The predicted octanol–water partition coefficient (Wildman–Crippen LogP) is 2.46. The monoisotopic (exact) mass is 412 g/mol. The third-order valence-corrected chi connectivity index (χ3v) is 5.57. The van der Waals surface area contributed by atoms with E-state index in [1.807, 2.05) is 13.8 Å². The first-order chi connectivity index (χ1) is 12.8. The molecule has 1 amide bonds. The number of nitrogens with zero attached hydrogens (tertiary/aromatic N) is 2. The van der Waals surface area contributed by atoms with Gasteiger partial charge < -0.3 is 10.1 Å². The molecule has 1 atom stereocenters. The smallest absolute Gasteiger partial charge is 0.273 e. The van der Waals surface area contributed by atoms with E-state index in [4.69, 9.17) is 15.4 Å². The van der Waals surface area contributed by atoms with E-state index in [2.05, 4.69) is 15.7 Å². The number of nitrogens with one attached hydrogen (secondary N) is 2. The molecule has 8 nitrogen and oxygen atoms in total. The van der Waals surface area contributed by atoms with E-state index in [-0.39, 0.29) is 10.8 Å². The number of aryl methyl sites for hydroxylation is 2. The molecule has 0 spiro atoms. The van der Waals surface area contributed by atoms with Crippen LogP contribution in [0.1, 0.15) is 54.0 Å². The molecule has 1 unspecified atom stereocenters. The molecule has 0 saturated heterocycles. The van der Waals surface area contributed by atoms with Gasteiger partial charge in [0.25, 0.3) is 15.0 Å². The summed E-state index contributed by atoms with van der Waals surface area (Å²) in [5, 5.41) is 2.83. The maximum Gasteiger partial charge on any atom is 0.273 e. The van der Waals surface area contributed by atoms with Crippen LogP contribution < -0.4 is 15.5 Å². The van der Waals surface area contributed by atoms with Crippen molar-refractivity contribution in [3.8, 4) is 5.75 Å². The van der Waals surface area contributed by atoms with Crippen molar-refractivity contribution >= 4 is 25.6 Å². The summed E-state index contributed by atoms with van der Waals surface area (Å²) >= 11 is 0. The molecular formula is C17H21ClN4O4S. The van der Waals surface area contributed by atoms with Gasteiger partial charge in [0.15, 0.2) is 5.69 Å². The molecule has 1 aliphatic rings. The number of fused-ring (bicyclic) bond motifs is 1. The summed E-state index contributed by atoms with van der Waals surface area (Å²) in [5.41, 5.74) is 4.73. The number of aromatic nitrogens is 2. The average molecular weight is 413 g/mol. The molecule has 2 heterocycles. The SMILES string of the molecule is CCCc1nc(C)c2n1NC(c1cc(S(=O)(=O)Cl)ccc1OCC)NC2=O. The van der Waals surface area contributed by atoms with Crippen molar-refractivity contribution in [3.05, 3.63) is 41.0 Å². The van der Waals surface area contributed by atoms with Crippen molar-refractivity contribution in [1.29, 1.82) is 0 Å². The Labute approximate surface area is 162 Å². The second-order valence-electron chi connectivity index (χ2n) is 6.15. The van der Waals surface area contributed by atoms with E-state index in [0.717, 1.165) is 12.2 Å². The lowest BCUT2D eigenvalue weighted by Gasteiger charge is -2.30. The lowest BCUT2D eigenvalue weighted by molar-refractivity contribution is 0.0913.